The maximum absolute atomic E-state index is 5.66. The van der Waals surface area contributed by atoms with E-state index in [4.69, 9.17) is 14.2 Å². The number of aromatic nitrogens is 1. The van der Waals surface area contributed by atoms with Crippen LogP contribution in [-0.4, -0.2) is 37.4 Å². The molecule has 6 nitrogen and oxygen atoms in total. The predicted molar refractivity (Wildman–Crippen MR) is 83.9 cm³/mol. The summed E-state index contributed by atoms with van der Waals surface area (Å²) in [7, 11) is 3.77. The molecule has 7 heteroatoms. The van der Waals surface area contributed by atoms with E-state index in [1.165, 1.54) is 5.56 Å². The van der Waals surface area contributed by atoms with Crippen molar-refractivity contribution in [3.05, 3.63) is 28.8 Å². The van der Waals surface area contributed by atoms with E-state index >= 15 is 0 Å². The molecule has 22 heavy (non-hydrogen) atoms. The Bertz CT molecular complexity index is 690. The van der Waals surface area contributed by atoms with Gasteiger partial charge in [0.15, 0.2) is 16.6 Å². The summed E-state index contributed by atoms with van der Waals surface area (Å²) in [6.45, 7) is 1.20. The number of nitrogens with one attached hydrogen (secondary N) is 1. The Morgan fingerprint density at radius 1 is 1.45 bits per heavy atom. The van der Waals surface area contributed by atoms with E-state index in [2.05, 4.69) is 28.3 Å². The van der Waals surface area contributed by atoms with Crippen LogP contribution in [-0.2, 0) is 6.42 Å². The van der Waals surface area contributed by atoms with Gasteiger partial charge in [-0.3, -0.25) is 4.90 Å². The monoisotopic (exact) mass is 319 g/mol. The second kappa shape index (κ2) is 5.33. The first-order chi connectivity index (χ1) is 10.8. The molecule has 116 valence electrons. The Kier molecular flexibility index (Phi) is 3.31. The molecule has 4 rings (SSSR count). The summed E-state index contributed by atoms with van der Waals surface area (Å²) in [6, 6.07) is 2.07. The van der Waals surface area contributed by atoms with Crippen LogP contribution in [0.3, 0.4) is 0 Å². The number of ether oxygens (including phenoxy) is 3. The zero-order valence-electron chi connectivity index (χ0n) is 12.5. The number of benzene rings is 1. The Morgan fingerprint density at radius 3 is 3.14 bits per heavy atom. The highest BCUT2D eigenvalue weighted by Crippen LogP contribution is 2.49. The lowest BCUT2D eigenvalue weighted by Gasteiger charge is -2.36. The number of hydrogen-bond acceptors (Lipinski definition) is 7. The van der Waals surface area contributed by atoms with Gasteiger partial charge in [0.05, 0.1) is 7.11 Å². The lowest BCUT2D eigenvalue weighted by atomic mass is 9.95. The van der Waals surface area contributed by atoms with Crippen LogP contribution in [0.5, 0.6) is 17.2 Å². The second-order valence-electron chi connectivity index (χ2n) is 5.33. The summed E-state index contributed by atoms with van der Waals surface area (Å²) in [6.07, 6.45) is 2.75. The summed E-state index contributed by atoms with van der Waals surface area (Å²) in [5, 5.41) is 6.34. The van der Waals surface area contributed by atoms with Crippen LogP contribution in [0.15, 0.2) is 17.6 Å². The third-order valence-corrected chi connectivity index (χ3v) is 4.79. The van der Waals surface area contributed by atoms with Crippen LogP contribution >= 0.6 is 11.3 Å². The van der Waals surface area contributed by atoms with Crippen LogP contribution in [0, 0.1) is 0 Å². The molecule has 0 aliphatic carbocycles. The quantitative estimate of drug-likeness (QED) is 0.938. The number of fused-ring (bicyclic) bond motifs is 2. The van der Waals surface area contributed by atoms with Crippen LogP contribution in [0.1, 0.15) is 17.3 Å². The van der Waals surface area contributed by atoms with Gasteiger partial charge in [-0.1, -0.05) is 0 Å². The van der Waals surface area contributed by atoms with Crippen molar-refractivity contribution in [2.24, 2.45) is 0 Å². The minimum atomic E-state index is -0.000602. The molecular weight excluding hydrogens is 302 g/mol. The summed E-state index contributed by atoms with van der Waals surface area (Å²) in [5.74, 6) is 2.22. The first kappa shape index (κ1) is 13.7. The molecule has 0 amide bonds. The number of anilines is 1. The summed E-state index contributed by atoms with van der Waals surface area (Å²) in [4.78, 5) is 6.59. The molecule has 2 aliphatic heterocycles. The number of thiazole rings is 1. The van der Waals surface area contributed by atoms with Crippen LogP contribution in [0.25, 0.3) is 0 Å². The van der Waals surface area contributed by atoms with E-state index in [9.17, 15) is 0 Å². The number of hydrogen-bond donors (Lipinski definition) is 1. The van der Waals surface area contributed by atoms with Gasteiger partial charge in [-0.05, 0) is 25.1 Å². The van der Waals surface area contributed by atoms with E-state index in [0.717, 1.165) is 35.2 Å². The van der Waals surface area contributed by atoms with E-state index < -0.39 is 0 Å². The topological polar surface area (TPSA) is 55.9 Å². The maximum atomic E-state index is 5.66. The van der Waals surface area contributed by atoms with Crippen molar-refractivity contribution < 1.29 is 14.2 Å². The summed E-state index contributed by atoms with van der Waals surface area (Å²) >= 11 is 1.59. The Morgan fingerprint density at radius 2 is 2.36 bits per heavy atom. The standard InChI is InChI=1S/C15H17N3O3S/c1-18-5-3-9-7-10-12(21-8-20-10)13(19-2)11(9)14(18)17-15-16-4-6-22-15/h4,6-7,14H,3,5,8H2,1-2H3,(H,16,17). The zero-order valence-corrected chi connectivity index (χ0v) is 13.3. The minimum absolute atomic E-state index is 0.000602. The van der Waals surface area contributed by atoms with Gasteiger partial charge >= 0.3 is 0 Å². The van der Waals surface area contributed by atoms with E-state index in [1.54, 1.807) is 24.6 Å². The molecule has 1 atom stereocenters. The van der Waals surface area contributed by atoms with E-state index in [1.807, 2.05) is 5.38 Å². The molecule has 1 aromatic heterocycles. The third kappa shape index (κ3) is 2.08. The Labute approximate surface area is 132 Å². The Hall–Kier alpha value is -1.99. The number of rotatable bonds is 3. The zero-order chi connectivity index (χ0) is 15.1. The van der Waals surface area contributed by atoms with Crippen molar-refractivity contribution in [1.82, 2.24) is 9.88 Å². The molecular formula is C15H17N3O3S. The van der Waals surface area contributed by atoms with Crippen molar-refractivity contribution in [3.63, 3.8) is 0 Å². The first-order valence-corrected chi connectivity index (χ1v) is 8.01. The fourth-order valence-electron chi connectivity index (χ4n) is 3.03. The predicted octanol–water partition coefficient (Wildman–Crippen LogP) is 2.48. The highest BCUT2D eigenvalue weighted by atomic mass is 32.1. The lowest BCUT2D eigenvalue weighted by Crippen LogP contribution is -2.37. The van der Waals surface area contributed by atoms with E-state index in [0.29, 0.717) is 5.75 Å². The molecule has 1 N–H and O–H groups in total. The highest BCUT2D eigenvalue weighted by molar-refractivity contribution is 7.13. The second-order valence-corrected chi connectivity index (χ2v) is 6.23. The van der Waals surface area contributed by atoms with Gasteiger partial charge < -0.3 is 19.5 Å². The lowest BCUT2D eigenvalue weighted by molar-refractivity contribution is 0.170. The molecule has 0 fully saturated rings. The van der Waals surface area contributed by atoms with Crippen molar-refractivity contribution in [3.8, 4) is 17.2 Å². The molecule has 0 spiro atoms. The number of nitrogens with zero attached hydrogens (tertiary/aromatic N) is 2. The molecule has 0 bridgehead atoms. The number of methoxy groups -OCH3 is 1. The van der Waals surface area contributed by atoms with Gasteiger partial charge in [0.1, 0.15) is 6.17 Å². The third-order valence-electron chi connectivity index (χ3n) is 4.09. The fraction of sp³-hybridized carbons (Fsp3) is 0.400. The fourth-order valence-corrected chi connectivity index (χ4v) is 3.58. The summed E-state index contributed by atoms with van der Waals surface area (Å²) in [5.41, 5.74) is 2.34. The normalized spacial score (nSPS) is 19.8. The SMILES string of the molecule is COc1c2c(cc3c1C(Nc1nccs1)N(C)CC3)OCO2. The molecule has 1 unspecified atom stereocenters. The van der Waals surface area contributed by atoms with Gasteiger partial charge in [-0.25, -0.2) is 4.98 Å². The van der Waals surface area contributed by atoms with Gasteiger partial charge in [-0.15, -0.1) is 11.3 Å². The van der Waals surface area contributed by atoms with Crippen LogP contribution in [0.4, 0.5) is 5.13 Å². The molecule has 0 saturated carbocycles. The van der Waals surface area contributed by atoms with Crippen molar-refractivity contribution in [1.29, 1.82) is 0 Å². The van der Waals surface area contributed by atoms with Gasteiger partial charge in [0, 0.05) is 23.7 Å². The number of likely N-dealkylation sites (N-methyl/N-ethyl adjacent to an activating group) is 1. The molecule has 2 aromatic rings. The largest absolute Gasteiger partial charge is 0.492 e. The van der Waals surface area contributed by atoms with Gasteiger partial charge in [-0.2, -0.15) is 0 Å². The van der Waals surface area contributed by atoms with Gasteiger partial charge in [0.25, 0.3) is 0 Å². The molecule has 1 aromatic carbocycles. The minimum Gasteiger partial charge on any atom is -0.492 e. The average molecular weight is 319 g/mol. The van der Waals surface area contributed by atoms with Gasteiger partial charge in [0.2, 0.25) is 12.5 Å². The molecule has 0 saturated heterocycles. The molecule has 3 heterocycles. The average Bonchev–Trinajstić information content (AvgIpc) is 3.19. The van der Waals surface area contributed by atoms with Crippen molar-refractivity contribution in [2.45, 2.75) is 12.6 Å². The van der Waals surface area contributed by atoms with E-state index in [-0.39, 0.29) is 13.0 Å². The van der Waals surface area contributed by atoms with Crippen molar-refractivity contribution in [2.75, 3.05) is 32.8 Å². The smallest absolute Gasteiger partial charge is 0.231 e. The maximum Gasteiger partial charge on any atom is 0.231 e. The highest BCUT2D eigenvalue weighted by Gasteiger charge is 2.34. The van der Waals surface area contributed by atoms with Crippen LogP contribution in [0.2, 0.25) is 0 Å². The van der Waals surface area contributed by atoms with Crippen molar-refractivity contribution >= 4 is 16.5 Å². The first-order valence-electron chi connectivity index (χ1n) is 7.13. The van der Waals surface area contributed by atoms with Crippen LogP contribution < -0.4 is 19.5 Å². The molecule has 0 radical (unpaired) electrons. The summed E-state index contributed by atoms with van der Waals surface area (Å²) < 4.78 is 16.8. The Balaban J connectivity index is 1.82. The molecule has 2 aliphatic rings.